The van der Waals surface area contributed by atoms with Crippen molar-refractivity contribution in [3.8, 4) is 0 Å². The second kappa shape index (κ2) is 4.33. The molecule has 1 atom stereocenters. The van der Waals surface area contributed by atoms with Crippen LogP contribution in [0.3, 0.4) is 0 Å². The number of halogens is 1. The van der Waals surface area contributed by atoms with Gasteiger partial charge < -0.3 is 4.74 Å². The van der Waals surface area contributed by atoms with Crippen LogP contribution in [0.25, 0.3) is 11.0 Å². The highest BCUT2D eigenvalue weighted by molar-refractivity contribution is 14.1. The van der Waals surface area contributed by atoms with Crippen LogP contribution in [0, 0.1) is 3.83 Å². The maximum atomic E-state index is 5.83. The molecule has 84 valence electrons. The Morgan fingerprint density at radius 1 is 1.31 bits per heavy atom. The van der Waals surface area contributed by atoms with Gasteiger partial charge in [-0.2, -0.15) is 0 Å². The Balaban J connectivity index is 2.10. The van der Waals surface area contributed by atoms with Gasteiger partial charge >= 0.3 is 0 Å². The summed E-state index contributed by atoms with van der Waals surface area (Å²) in [5.74, 6) is 0. The Labute approximate surface area is 108 Å². The van der Waals surface area contributed by atoms with Crippen LogP contribution in [0.15, 0.2) is 24.3 Å². The van der Waals surface area contributed by atoms with Crippen molar-refractivity contribution in [1.82, 2.24) is 9.55 Å². The molecule has 1 fully saturated rings. The molecule has 2 aromatic rings. The average Bonchev–Trinajstić information content (AvgIpc) is 2.66. The van der Waals surface area contributed by atoms with Crippen LogP contribution in [0.1, 0.15) is 25.5 Å². The van der Waals surface area contributed by atoms with Gasteiger partial charge in [-0.25, -0.2) is 4.98 Å². The molecule has 0 amide bonds. The second-order valence-corrected chi connectivity index (χ2v) is 5.03. The number of hydrogen-bond donors (Lipinski definition) is 0. The molecule has 1 aromatic heterocycles. The summed E-state index contributed by atoms with van der Waals surface area (Å²) in [6.45, 7) is 0.868. The Bertz CT molecular complexity index is 503. The van der Waals surface area contributed by atoms with Crippen molar-refractivity contribution >= 4 is 33.6 Å². The zero-order chi connectivity index (χ0) is 11.0. The van der Waals surface area contributed by atoms with E-state index in [1.165, 1.54) is 18.4 Å². The molecular weight excluding hydrogens is 315 g/mol. The van der Waals surface area contributed by atoms with Gasteiger partial charge in [-0.3, -0.25) is 4.57 Å². The van der Waals surface area contributed by atoms with Crippen LogP contribution in [0.4, 0.5) is 0 Å². The first-order valence-electron chi connectivity index (χ1n) is 5.60. The lowest BCUT2D eigenvalue weighted by Gasteiger charge is -2.24. The quantitative estimate of drug-likeness (QED) is 0.751. The van der Waals surface area contributed by atoms with Gasteiger partial charge in [0.1, 0.15) is 6.23 Å². The van der Waals surface area contributed by atoms with Gasteiger partial charge in [-0.05, 0) is 31.4 Å². The second-order valence-electron chi connectivity index (χ2n) is 4.06. The summed E-state index contributed by atoms with van der Waals surface area (Å²) < 4.78 is 9.07. The van der Waals surface area contributed by atoms with Crippen molar-refractivity contribution in [2.75, 3.05) is 6.61 Å². The fraction of sp³-hybridized carbons (Fsp3) is 0.417. The largest absolute Gasteiger partial charge is 0.358 e. The number of benzene rings is 1. The third-order valence-corrected chi connectivity index (χ3v) is 3.76. The predicted octanol–water partition coefficient (Wildman–Crippen LogP) is 3.34. The molecule has 0 N–H and O–H groups in total. The topological polar surface area (TPSA) is 27.1 Å². The molecule has 0 spiro atoms. The van der Waals surface area contributed by atoms with Gasteiger partial charge in [0.2, 0.25) is 0 Å². The molecule has 0 saturated carbocycles. The molecular formula is C12H13IN2O. The highest BCUT2D eigenvalue weighted by Crippen LogP contribution is 2.28. The number of rotatable bonds is 1. The Hall–Kier alpha value is -0.620. The summed E-state index contributed by atoms with van der Waals surface area (Å²) in [5.41, 5.74) is 2.24. The fourth-order valence-corrected chi connectivity index (χ4v) is 3.05. The molecule has 4 heteroatoms. The molecule has 1 unspecified atom stereocenters. The van der Waals surface area contributed by atoms with Crippen molar-refractivity contribution < 1.29 is 4.74 Å². The predicted molar refractivity (Wildman–Crippen MR) is 71.3 cm³/mol. The van der Waals surface area contributed by atoms with Gasteiger partial charge in [-0.1, -0.05) is 12.1 Å². The SMILES string of the molecule is Ic1nc2ccccc2n1C1CCCCO1. The summed E-state index contributed by atoms with van der Waals surface area (Å²) in [6.07, 6.45) is 3.69. The molecule has 0 radical (unpaired) electrons. The molecule has 1 saturated heterocycles. The molecule has 1 aliphatic heterocycles. The zero-order valence-electron chi connectivity index (χ0n) is 8.90. The highest BCUT2D eigenvalue weighted by atomic mass is 127. The molecule has 3 nitrogen and oxygen atoms in total. The number of para-hydroxylation sites is 2. The number of fused-ring (bicyclic) bond motifs is 1. The summed E-state index contributed by atoms with van der Waals surface area (Å²) in [7, 11) is 0. The van der Waals surface area contributed by atoms with Crippen molar-refractivity contribution in [2.45, 2.75) is 25.5 Å². The van der Waals surface area contributed by atoms with E-state index >= 15 is 0 Å². The third kappa shape index (κ3) is 1.73. The number of imidazole rings is 1. The summed E-state index contributed by atoms with van der Waals surface area (Å²) in [4.78, 5) is 4.56. The van der Waals surface area contributed by atoms with Crippen molar-refractivity contribution in [3.05, 3.63) is 28.1 Å². The van der Waals surface area contributed by atoms with E-state index in [-0.39, 0.29) is 6.23 Å². The molecule has 0 bridgehead atoms. The number of nitrogens with zero attached hydrogens (tertiary/aromatic N) is 2. The minimum absolute atomic E-state index is 0.174. The Morgan fingerprint density at radius 3 is 3.00 bits per heavy atom. The molecule has 1 aliphatic rings. The van der Waals surface area contributed by atoms with E-state index in [4.69, 9.17) is 4.74 Å². The van der Waals surface area contributed by atoms with Crippen molar-refractivity contribution in [3.63, 3.8) is 0 Å². The van der Waals surface area contributed by atoms with Crippen LogP contribution in [0.5, 0.6) is 0 Å². The van der Waals surface area contributed by atoms with Crippen molar-refractivity contribution in [1.29, 1.82) is 0 Å². The zero-order valence-corrected chi connectivity index (χ0v) is 11.1. The van der Waals surface area contributed by atoms with Crippen LogP contribution in [-0.4, -0.2) is 16.2 Å². The standard InChI is InChI=1S/C12H13IN2O/c13-12-14-9-5-1-2-6-10(9)15(12)11-7-3-4-8-16-11/h1-2,5-6,11H,3-4,7-8H2. The Kier molecular flexibility index (Phi) is 2.85. The minimum atomic E-state index is 0.174. The van der Waals surface area contributed by atoms with E-state index in [1.54, 1.807) is 0 Å². The van der Waals surface area contributed by atoms with E-state index in [2.05, 4.69) is 50.3 Å². The van der Waals surface area contributed by atoms with E-state index in [0.717, 1.165) is 22.4 Å². The summed E-state index contributed by atoms with van der Waals surface area (Å²) in [5, 5.41) is 0. The van der Waals surface area contributed by atoms with Gasteiger partial charge in [0, 0.05) is 29.2 Å². The monoisotopic (exact) mass is 328 g/mol. The maximum absolute atomic E-state index is 5.83. The Morgan fingerprint density at radius 2 is 2.19 bits per heavy atom. The highest BCUT2D eigenvalue weighted by Gasteiger charge is 2.20. The number of ether oxygens (including phenoxy) is 1. The molecule has 2 heterocycles. The van der Waals surface area contributed by atoms with Gasteiger partial charge in [0.25, 0.3) is 0 Å². The molecule has 16 heavy (non-hydrogen) atoms. The number of hydrogen-bond acceptors (Lipinski definition) is 2. The summed E-state index contributed by atoms with van der Waals surface area (Å²) >= 11 is 2.29. The van der Waals surface area contributed by atoms with Crippen LogP contribution in [0.2, 0.25) is 0 Å². The van der Waals surface area contributed by atoms with Crippen LogP contribution in [-0.2, 0) is 4.74 Å². The lowest BCUT2D eigenvalue weighted by atomic mass is 10.2. The normalized spacial score (nSPS) is 21.4. The van der Waals surface area contributed by atoms with Gasteiger partial charge in [0.15, 0.2) is 3.83 Å². The third-order valence-electron chi connectivity index (χ3n) is 3.00. The van der Waals surface area contributed by atoms with Gasteiger partial charge in [0.05, 0.1) is 11.0 Å². The lowest BCUT2D eigenvalue weighted by molar-refractivity contribution is -0.0310. The number of aromatic nitrogens is 2. The smallest absolute Gasteiger partial charge is 0.174 e. The lowest BCUT2D eigenvalue weighted by Crippen LogP contribution is -2.19. The van der Waals surface area contributed by atoms with E-state index in [9.17, 15) is 0 Å². The molecule has 3 rings (SSSR count). The first kappa shape index (κ1) is 10.5. The first-order chi connectivity index (χ1) is 7.86. The van der Waals surface area contributed by atoms with Crippen molar-refractivity contribution in [2.24, 2.45) is 0 Å². The van der Waals surface area contributed by atoms with Crippen LogP contribution >= 0.6 is 22.6 Å². The molecule has 0 aliphatic carbocycles. The summed E-state index contributed by atoms with van der Waals surface area (Å²) in [6, 6.07) is 8.25. The van der Waals surface area contributed by atoms with E-state index < -0.39 is 0 Å². The van der Waals surface area contributed by atoms with E-state index in [1.807, 2.05) is 6.07 Å². The molecule has 1 aromatic carbocycles. The average molecular weight is 328 g/mol. The van der Waals surface area contributed by atoms with Gasteiger partial charge in [-0.15, -0.1) is 0 Å². The first-order valence-corrected chi connectivity index (χ1v) is 6.68. The maximum Gasteiger partial charge on any atom is 0.174 e. The fourth-order valence-electron chi connectivity index (χ4n) is 2.22. The minimum Gasteiger partial charge on any atom is -0.358 e. The van der Waals surface area contributed by atoms with E-state index in [0.29, 0.717) is 0 Å². The van der Waals surface area contributed by atoms with Crippen LogP contribution < -0.4 is 0 Å².